The number of hydrogen-bond acceptors (Lipinski definition) is 9. The summed E-state index contributed by atoms with van der Waals surface area (Å²) in [5, 5.41) is 0. The molecule has 0 radical (unpaired) electrons. The van der Waals surface area contributed by atoms with E-state index in [0.717, 1.165) is 170 Å². The number of hydrogen-bond donors (Lipinski definition) is 0. The van der Waals surface area contributed by atoms with Gasteiger partial charge in [0.05, 0.1) is 11.4 Å². The molecule has 0 N–H and O–H groups in total. The van der Waals surface area contributed by atoms with Crippen LogP contribution in [-0.4, -0.2) is 26.9 Å². The lowest BCUT2D eigenvalue weighted by molar-refractivity contribution is 0.487. The van der Waals surface area contributed by atoms with Crippen molar-refractivity contribution in [3.8, 4) is 34.5 Å². The third-order valence-electron chi connectivity index (χ3n) is 23.6. The van der Waals surface area contributed by atoms with Crippen LogP contribution in [0.5, 0.6) is 34.5 Å². The Labute approximate surface area is 632 Å². The van der Waals surface area contributed by atoms with Gasteiger partial charge in [-0.15, -0.1) is 0 Å². The molecule has 0 fully saturated rings. The van der Waals surface area contributed by atoms with Crippen molar-refractivity contribution in [3.63, 3.8) is 0 Å². The highest BCUT2D eigenvalue weighted by atomic mass is 16.5. The van der Waals surface area contributed by atoms with E-state index in [0.29, 0.717) is 0 Å². The van der Waals surface area contributed by atoms with E-state index >= 15 is 0 Å². The van der Waals surface area contributed by atoms with Gasteiger partial charge in [-0.3, -0.25) is 0 Å². The molecule has 0 aromatic heterocycles. The van der Waals surface area contributed by atoms with Gasteiger partial charge in [0.15, 0.2) is 0 Å². The van der Waals surface area contributed by atoms with Crippen molar-refractivity contribution >= 4 is 195 Å². The summed E-state index contributed by atoms with van der Waals surface area (Å²) in [4.78, 5) is 14.9. The molecule has 109 heavy (non-hydrogen) atoms. The van der Waals surface area contributed by atoms with Gasteiger partial charge >= 0.3 is 0 Å². The van der Waals surface area contributed by atoms with E-state index in [1.807, 2.05) is 0 Å². The SMILES string of the molecule is c1ccc(N(c2ccccc2)c2cc3c4c(c2)N(c2ccccc2)c2cc5c(cc2B4c2ccccc2O3)B2c3ccccc3N3c4cc6c(cc4B4c7ccccc7Oc7cc(c2c3c74)N5c2ccccc2)B2c3ccccc3Oc3cc(N(c4ccccc4)c4ccccc4)cc(c32)N6c2ccccc2)cc1. The molecule has 0 saturated heterocycles. The average molecular weight is 1390 g/mol. The van der Waals surface area contributed by atoms with Crippen molar-refractivity contribution in [3.05, 3.63) is 364 Å². The Bertz CT molecular complexity index is 6410. The smallest absolute Gasteiger partial charge is 0.256 e. The summed E-state index contributed by atoms with van der Waals surface area (Å²) in [5.41, 5.74) is 33.3. The first-order chi connectivity index (χ1) is 54.1. The molecule has 0 amide bonds. The quantitative estimate of drug-likeness (QED) is 0.132. The van der Waals surface area contributed by atoms with Gasteiger partial charge in [-0.05, 0) is 199 Å². The van der Waals surface area contributed by atoms with Crippen LogP contribution in [0.3, 0.4) is 0 Å². The van der Waals surface area contributed by atoms with E-state index in [1.165, 1.54) is 32.8 Å². The highest BCUT2D eigenvalue weighted by Gasteiger charge is 2.54. The molecule has 0 spiro atoms. The largest absolute Gasteiger partial charge is 0.458 e. The van der Waals surface area contributed by atoms with Crippen LogP contribution >= 0.6 is 0 Å². The van der Waals surface area contributed by atoms with Gasteiger partial charge in [-0.2, -0.15) is 0 Å². The van der Waals surface area contributed by atoms with E-state index in [-0.39, 0.29) is 26.9 Å². The normalized spacial score (nSPS) is 13.8. The third kappa shape index (κ3) is 8.72. The van der Waals surface area contributed by atoms with Gasteiger partial charge < -0.3 is 43.6 Å². The zero-order chi connectivity index (χ0) is 71.1. The topological polar surface area (TPSA) is 47.1 Å². The molecule has 0 unspecified atom stereocenters. The molecule has 0 atom stereocenters. The van der Waals surface area contributed by atoms with Crippen molar-refractivity contribution in [2.45, 2.75) is 0 Å². The molecular formula is C96H60B4N6O3. The Kier molecular flexibility index (Phi) is 12.8. The Morgan fingerprint density at radius 1 is 0.183 bits per heavy atom. The van der Waals surface area contributed by atoms with Crippen LogP contribution in [0.1, 0.15) is 0 Å². The summed E-state index contributed by atoms with van der Waals surface area (Å²) in [6, 6.07) is 133. The van der Waals surface area contributed by atoms with Gasteiger partial charge in [0.2, 0.25) is 0 Å². The van der Waals surface area contributed by atoms with E-state index in [2.05, 4.69) is 393 Å². The minimum atomic E-state index is -0.241. The van der Waals surface area contributed by atoms with Crippen molar-refractivity contribution in [1.82, 2.24) is 0 Å². The monoisotopic (exact) mass is 1390 g/mol. The average Bonchev–Trinajstić information content (AvgIpc) is 0.666. The number of para-hydroxylation sites is 11. The summed E-state index contributed by atoms with van der Waals surface area (Å²) in [6.45, 7) is -0.887. The van der Waals surface area contributed by atoms with Crippen LogP contribution in [0.4, 0.5) is 102 Å². The Hall–Kier alpha value is -14.0. The lowest BCUT2D eigenvalue weighted by Gasteiger charge is -2.50. The minimum absolute atomic E-state index is 0.200. The standard InChI is InChI=1S/C96H60B4N6O3/c1-8-30-61(31-9-1)101(62-32-10-2-11-33-62)68-52-83-92-89(54-68)107-86-49-27-23-45-71(86)98(92)75-56-74-79(58-80(75)103(83)65-38-16-5-17-39-65)105(67-42-20-7-21-43-67)85-60-91-95-96-94(85)97(74)70-44-22-26-48-78(70)106(96)82-59-81-76(57-77(82)100(95)73-47-25-29-51-88(73)109-91)99-72-46-24-28-50-87(72)108-90-55-69(53-84(93(90)99)104(81)66-40-18-6-19-41-66)102(63-34-12-3-13-35-63)64-36-14-4-15-37-64/h1-60H. The molecular weight excluding hydrogens is 1330 g/mol. The predicted molar refractivity (Wildman–Crippen MR) is 453 cm³/mol. The minimum Gasteiger partial charge on any atom is -0.458 e. The highest BCUT2D eigenvalue weighted by Crippen LogP contribution is 2.54. The van der Waals surface area contributed by atoms with Crippen LogP contribution in [0.15, 0.2) is 364 Å². The number of anilines is 18. The van der Waals surface area contributed by atoms with Crippen LogP contribution in [0, 0.1) is 0 Å². The van der Waals surface area contributed by atoms with Crippen LogP contribution in [-0.2, 0) is 0 Å². The van der Waals surface area contributed by atoms with E-state index in [9.17, 15) is 0 Å². The third-order valence-corrected chi connectivity index (χ3v) is 23.6. The lowest BCUT2D eigenvalue weighted by Crippen LogP contribution is -2.69. The first kappa shape index (κ1) is 60.3. The molecule has 13 heteroatoms. The molecule has 8 aliphatic heterocycles. The van der Waals surface area contributed by atoms with Crippen molar-refractivity contribution < 1.29 is 14.2 Å². The Morgan fingerprint density at radius 3 is 0.862 bits per heavy atom. The van der Waals surface area contributed by atoms with Gasteiger partial charge in [0.1, 0.15) is 34.5 Å². The molecule has 0 aliphatic carbocycles. The molecule has 8 aliphatic rings. The van der Waals surface area contributed by atoms with Gasteiger partial charge in [0, 0.05) is 109 Å². The van der Waals surface area contributed by atoms with Crippen LogP contribution < -0.4 is 109 Å². The summed E-state index contributed by atoms with van der Waals surface area (Å²) in [5.74, 6) is 5.05. The fourth-order valence-corrected chi connectivity index (χ4v) is 19.4. The van der Waals surface area contributed by atoms with Gasteiger partial charge in [0.25, 0.3) is 26.9 Å². The molecule has 24 rings (SSSR count). The maximum absolute atomic E-state index is 7.59. The summed E-state index contributed by atoms with van der Waals surface area (Å²) in [6.07, 6.45) is 0. The van der Waals surface area contributed by atoms with Gasteiger partial charge in [-0.1, -0.05) is 212 Å². The fraction of sp³-hybridized carbons (Fsp3) is 0. The lowest BCUT2D eigenvalue weighted by atomic mass is 9.27. The Morgan fingerprint density at radius 2 is 0.477 bits per heavy atom. The summed E-state index contributed by atoms with van der Waals surface area (Å²) < 4.78 is 22.2. The fourth-order valence-electron chi connectivity index (χ4n) is 19.4. The maximum atomic E-state index is 7.59. The van der Waals surface area contributed by atoms with Crippen LogP contribution in [0.25, 0.3) is 0 Å². The van der Waals surface area contributed by atoms with Crippen molar-refractivity contribution in [1.29, 1.82) is 0 Å². The number of fused-ring (bicyclic) bond motifs is 18. The molecule has 16 aromatic carbocycles. The van der Waals surface area contributed by atoms with E-state index in [1.54, 1.807) is 0 Å². The van der Waals surface area contributed by atoms with Crippen molar-refractivity contribution in [2.75, 3.05) is 29.4 Å². The molecule has 504 valence electrons. The van der Waals surface area contributed by atoms with E-state index in [4.69, 9.17) is 14.2 Å². The van der Waals surface area contributed by atoms with Gasteiger partial charge in [-0.25, -0.2) is 0 Å². The molecule has 8 heterocycles. The zero-order valence-electron chi connectivity index (χ0n) is 58.9. The molecule has 16 aromatic rings. The Balaban J connectivity index is 0.771. The predicted octanol–water partition coefficient (Wildman–Crippen LogP) is 16.5. The molecule has 0 bridgehead atoms. The number of benzene rings is 16. The van der Waals surface area contributed by atoms with E-state index < -0.39 is 0 Å². The van der Waals surface area contributed by atoms with Crippen molar-refractivity contribution in [2.24, 2.45) is 0 Å². The second-order valence-corrected chi connectivity index (χ2v) is 29.3. The van der Waals surface area contributed by atoms with Crippen LogP contribution in [0.2, 0.25) is 0 Å². The first-order valence-corrected chi connectivity index (χ1v) is 37.6. The maximum Gasteiger partial charge on any atom is 0.256 e. The molecule has 0 saturated carbocycles. The number of ether oxygens (including phenoxy) is 3. The zero-order valence-corrected chi connectivity index (χ0v) is 58.9. The summed E-state index contributed by atoms with van der Waals surface area (Å²) >= 11 is 0. The first-order valence-electron chi connectivity index (χ1n) is 37.6. The second kappa shape index (κ2) is 23.2. The second-order valence-electron chi connectivity index (χ2n) is 29.3. The highest BCUT2D eigenvalue weighted by molar-refractivity contribution is 7.06. The number of rotatable bonds is 9. The number of nitrogens with zero attached hydrogens (tertiary/aromatic N) is 6. The molecule has 9 nitrogen and oxygen atoms in total. The summed E-state index contributed by atoms with van der Waals surface area (Å²) in [7, 11) is 0.